The average Bonchev–Trinajstić information content (AvgIpc) is 0.828. The summed E-state index contributed by atoms with van der Waals surface area (Å²) in [5.74, 6) is -5.54. The van der Waals surface area contributed by atoms with E-state index in [1.807, 2.05) is 124 Å². The van der Waals surface area contributed by atoms with E-state index >= 15 is 0 Å². The quantitative estimate of drug-likeness (QED) is 0.0197. The molecule has 0 bridgehead atoms. The number of rotatable bonds is 38. The van der Waals surface area contributed by atoms with E-state index in [9.17, 15) is 57.5 Å². The third kappa shape index (κ3) is 41.0. The van der Waals surface area contributed by atoms with Crippen molar-refractivity contribution in [1.29, 1.82) is 0 Å². The minimum Gasteiger partial charge on any atom is -0.462 e. The predicted octanol–water partition coefficient (Wildman–Crippen LogP) is 23.1. The molecule has 740 valence electrons. The van der Waals surface area contributed by atoms with Gasteiger partial charge in [-0.1, -0.05) is 284 Å². The highest BCUT2D eigenvalue weighted by Crippen LogP contribution is 2.24. The van der Waals surface area contributed by atoms with Crippen molar-refractivity contribution in [3.63, 3.8) is 0 Å². The lowest BCUT2D eigenvalue weighted by molar-refractivity contribution is -0.0865. The van der Waals surface area contributed by atoms with Crippen LogP contribution in [0.3, 0.4) is 0 Å². The van der Waals surface area contributed by atoms with Gasteiger partial charge in [0.25, 0.3) is 0 Å². The lowest BCUT2D eigenvalue weighted by atomic mass is 10.0. The summed E-state index contributed by atoms with van der Waals surface area (Å²) < 4.78 is 64.0. The molecule has 0 aliphatic carbocycles. The van der Waals surface area contributed by atoms with Crippen LogP contribution in [0.15, 0.2) is 406 Å². The van der Waals surface area contributed by atoms with Gasteiger partial charge in [0.1, 0.15) is 45.2 Å². The number of carbonyl (C=O) groups is 12. The molecule has 0 radical (unpaired) electrons. The highest BCUT2D eigenvalue weighted by molar-refractivity contribution is 5.95. The van der Waals surface area contributed by atoms with Crippen molar-refractivity contribution in [1.82, 2.24) is 0 Å². The molecule has 0 spiro atoms. The molecule has 0 saturated carbocycles. The van der Waals surface area contributed by atoms with Crippen molar-refractivity contribution in [3.8, 4) is 0 Å². The molecule has 0 heterocycles. The van der Waals surface area contributed by atoms with Crippen molar-refractivity contribution < 1.29 is 114 Å². The standard InChI is InChI=1S/C26H24O6.C24H20O6.C20H22O4.C17H16O4.C17H18O2.C16H16O2/c1-2-26(32-25(29)22-16-10-5-11-17-22,18-30-23(27)20-12-6-3-7-13-20)19-31-24(28)21-14-8-4-9-15-21;25-22(18-10-4-1-5-11-18)28-16-21(30-24(27)20-14-8-3-9-15-20)17-29-23(26)19-12-6-2-7-13-19;1-14-6-4-8-17(12-14)19(21)23-11-10-16(3)24-20(22)18-9-5-7-15(2)13-18;1-13(21-17(19)15-10-6-3-7-11-15)12-20-16(18)14-8-4-2-5-9-14;1-14-9-11-16(12-10-14)17(18)19-13-5-8-15-6-3-2-4-7-15;17-16(15-11-5-2-6-12-15)18-13-7-10-14-8-3-1-4-9-14/h3-17H,2,18-19H2,1H3;1-15,21H,16-17H2;4-9,12-13,16H,10-11H2,1-3H3;2-11,13H,12H2,1H3;2-4,6-7,9-12H,5,8,13H2,1H3;1-6,8-9,11-12H,7,10,13H2. The van der Waals surface area contributed by atoms with Crippen LogP contribution in [-0.4, -0.2) is 148 Å². The molecular formula is C120H116O24. The minimum absolute atomic E-state index is 0.0201. The maximum absolute atomic E-state index is 12.7. The first kappa shape index (κ1) is 110. The molecule has 0 aromatic heterocycles. The number of hydrogen-bond donors (Lipinski definition) is 0. The zero-order valence-corrected chi connectivity index (χ0v) is 81.1. The lowest BCUT2D eigenvalue weighted by Crippen LogP contribution is -2.45. The van der Waals surface area contributed by atoms with Crippen LogP contribution in [0, 0.1) is 20.8 Å². The first-order valence-corrected chi connectivity index (χ1v) is 46.9. The van der Waals surface area contributed by atoms with Crippen molar-refractivity contribution in [2.75, 3.05) is 52.9 Å². The van der Waals surface area contributed by atoms with Gasteiger partial charge in [0.05, 0.1) is 86.6 Å². The van der Waals surface area contributed by atoms with Gasteiger partial charge in [-0.2, -0.15) is 0 Å². The van der Waals surface area contributed by atoms with Gasteiger partial charge in [0.2, 0.25) is 0 Å². The average molecular weight is 1940 g/mol. The van der Waals surface area contributed by atoms with Gasteiger partial charge in [-0.25, -0.2) is 57.5 Å². The van der Waals surface area contributed by atoms with Crippen LogP contribution >= 0.6 is 0 Å². The zero-order valence-electron chi connectivity index (χ0n) is 81.1. The molecule has 144 heavy (non-hydrogen) atoms. The monoisotopic (exact) mass is 1940 g/mol. The molecule has 0 amide bonds. The van der Waals surface area contributed by atoms with Crippen LogP contribution in [-0.2, 0) is 69.7 Å². The molecule has 24 heteroatoms. The van der Waals surface area contributed by atoms with Crippen LogP contribution in [0.5, 0.6) is 0 Å². The summed E-state index contributed by atoms with van der Waals surface area (Å²) in [5.41, 5.74) is 9.72. The fraction of sp³-hybridized carbons (Fsp3) is 0.200. The second kappa shape index (κ2) is 61.9. The maximum Gasteiger partial charge on any atom is 0.338 e. The largest absolute Gasteiger partial charge is 0.462 e. The number of ether oxygens (including phenoxy) is 12. The van der Waals surface area contributed by atoms with E-state index in [2.05, 4.69) is 24.3 Å². The highest BCUT2D eigenvalue weighted by Gasteiger charge is 2.38. The summed E-state index contributed by atoms with van der Waals surface area (Å²) in [6.07, 6.45) is 2.48. The van der Waals surface area contributed by atoms with Crippen LogP contribution < -0.4 is 0 Å². The van der Waals surface area contributed by atoms with Gasteiger partial charge in [-0.05, 0) is 223 Å². The number of carbonyl (C=O) groups excluding carboxylic acids is 12. The Labute approximate surface area is 839 Å². The van der Waals surface area contributed by atoms with Crippen molar-refractivity contribution in [3.05, 3.63) is 501 Å². The Morgan fingerprint density at radius 1 is 0.229 bits per heavy atom. The Morgan fingerprint density at radius 3 is 0.812 bits per heavy atom. The predicted molar refractivity (Wildman–Crippen MR) is 545 cm³/mol. The molecule has 24 nitrogen and oxygen atoms in total. The normalized spacial score (nSPS) is 10.7. The summed E-state index contributed by atoms with van der Waals surface area (Å²) in [6, 6.07) is 119. The van der Waals surface area contributed by atoms with Gasteiger partial charge < -0.3 is 56.8 Å². The number of hydrogen-bond acceptors (Lipinski definition) is 24. The van der Waals surface area contributed by atoms with Gasteiger partial charge in [-0.15, -0.1) is 0 Å². The molecule has 14 aromatic carbocycles. The third-order valence-electron chi connectivity index (χ3n) is 21.0. The summed E-state index contributed by atoms with van der Waals surface area (Å²) >= 11 is 0. The van der Waals surface area contributed by atoms with Crippen LogP contribution in [0.1, 0.15) is 199 Å². The van der Waals surface area contributed by atoms with E-state index in [-0.39, 0.29) is 76.0 Å². The summed E-state index contributed by atoms with van der Waals surface area (Å²) in [5, 5.41) is 0. The van der Waals surface area contributed by atoms with E-state index in [4.69, 9.17) is 56.8 Å². The third-order valence-corrected chi connectivity index (χ3v) is 21.0. The van der Waals surface area contributed by atoms with E-state index in [0.29, 0.717) is 86.4 Å². The van der Waals surface area contributed by atoms with Gasteiger partial charge in [0.15, 0.2) is 11.7 Å². The summed E-state index contributed by atoms with van der Waals surface area (Å²) in [7, 11) is 0. The molecule has 0 N–H and O–H groups in total. The Hall–Kier alpha value is -17.3. The Bertz CT molecular complexity index is 6160. The Morgan fingerprint density at radius 2 is 0.479 bits per heavy atom. The summed E-state index contributed by atoms with van der Waals surface area (Å²) in [6.45, 7) is 11.2. The van der Waals surface area contributed by atoms with Crippen molar-refractivity contribution in [2.45, 2.75) is 104 Å². The Kier molecular flexibility index (Phi) is 47.4. The lowest BCUT2D eigenvalue weighted by Gasteiger charge is -2.31. The molecule has 0 fully saturated rings. The SMILES string of the molecule is CC(COC(=O)c1ccccc1)OC(=O)c1ccccc1.CCC(COC(=O)c1ccccc1)(COC(=O)c1ccccc1)OC(=O)c1ccccc1.Cc1ccc(C(=O)OCCCc2ccccc2)cc1.Cc1cccc(C(=O)OCCC(C)OC(=O)c2cccc(C)c2)c1.O=C(OCC(COC(=O)c1ccccc1)OC(=O)c1ccccc1)c1ccccc1.O=C(OCCCc1ccccc1)c1ccccc1. The topological polar surface area (TPSA) is 316 Å². The zero-order chi connectivity index (χ0) is 103. The van der Waals surface area contributed by atoms with E-state index in [0.717, 1.165) is 42.4 Å². The molecule has 0 aliphatic heterocycles. The fourth-order valence-electron chi connectivity index (χ4n) is 13.0. The first-order chi connectivity index (χ1) is 69.9. The second-order valence-electron chi connectivity index (χ2n) is 32.6. The number of aryl methyl sites for hydroxylation is 5. The molecule has 14 aromatic rings. The van der Waals surface area contributed by atoms with Crippen molar-refractivity contribution in [2.24, 2.45) is 0 Å². The Balaban J connectivity index is 0.000000195. The molecule has 2 atom stereocenters. The smallest absolute Gasteiger partial charge is 0.338 e. The van der Waals surface area contributed by atoms with Gasteiger partial charge in [0, 0.05) is 6.42 Å². The number of esters is 12. The molecule has 14 rings (SSSR count). The van der Waals surface area contributed by atoms with Crippen LogP contribution in [0.4, 0.5) is 0 Å². The van der Waals surface area contributed by atoms with Crippen LogP contribution in [0.25, 0.3) is 0 Å². The minimum atomic E-state index is -1.35. The highest BCUT2D eigenvalue weighted by atomic mass is 16.6. The second-order valence-corrected chi connectivity index (χ2v) is 32.6. The molecule has 2 unspecified atom stereocenters. The van der Waals surface area contributed by atoms with Crippen LogP contribution in [0.2, 0.25) is 0 Å². The van der Waals surface area contributed by atoms with E-state index in [1.165, 1.54) is 11.1 Å². The van der Waals surface area contributed by atoms with E-state index < -0.39 is 65.6 Å². The van der Waals surface area contributed by atoms with Gasteiger partial charge >= 0.3 is 71.6 Å². The molecular weight excluding hydrogens is 1830 g/mol. The van der Waals surface area contributed by atoms with Crippen molar-refractivity contribution >= 4 is 71.6 Å². The number of benzene rings is 14. The first-order valence-electron chi connectivity index (χ1n) is 46.9. The fourth-order valence-corrected chi connectivity index (χ4v) is 13.0. The maximum atomic E-state index is 12.7. The van der Waals surface area contributed by atoms with E-state index in [1.54, 1.807) is 300 Å². The van der Waals surface area contributed by atoms with Gasteiger partial charge in [-0.3, -0.25) is 0 Å². The molecule has 0 saturated heterocycles. The molecule has 0 aliphatic rings. The summed E-state index contributed by atoms with van der Waals surface area (Å²) in [4.78, 5) is 145.